The predicted octanol–water partition coefficient (Wildman–Crippen LogP) is 7.57. The van der Waals surface area contributed by atoms with E-state index in [-0.39, 0.29) is 0 Å². The highest BCUT2D eigenvalue weighted by atomic mass is 31.1. The molecule has 0 bridgehead atoms. The number of benzene rings is 5. The van der Waals surface area contributed by atoms with Gasteiger partial charge in [-0.3, -0.25) is 0 Å². The molecule has 0 nitrogen and oxygen atoms in total. The van der Waals surface area contributed by atoms with Crippen LogP contribution in [0.5, 0.6) is 0 Å². The van der Waals surface area contributed by atoms with E-state index in [9.17, 15) is 0 Å². The van der Waals surface area contributed by atoms with Gasteiger partial charge in [0.2, 0.25) is 0 Å². The Bertz CT molecular complexity index is 1200. The first-order valence-electron chi connectivity index (χ1n) is 12.5. The van der Waals surface area contributed by atoms with Gasteiger partial charge in [-0.15, -0.1) is 0 Å². The molecule has 0 saturated carbocycles. The van der Waals surface area contributed by atoms with Gasteiger partial charge in [0.15, 0.2) is 0 Å². The van der Waals surface area contributed by atoms with Crippen LogP contribution in [0.2, 0.25) is 0 Å². The Morgan fingerprint density at radius 1 is 0.389 bits per heavy atom. The van der Waals surface area contributed by atoms with E-state index >= 15 is 0 Å². The monoisotopic (exact) mass is 502 g/mol. The molecular formula is C34H32P2. The van der Waals surface area contributed by atoms with Crippen LogP contribution in [0.25, 0.3) is 0 Å². The summed E-state index contributed by atoms with van der Waals surface area (Å²) in [7, 11) is -0.936. The molecule has 0 heterocycles. The van der Waals surface area contributed by atoms with Crippen molar-refractivity contribution >= 4 is 37.1 Å². The van der Waals surface area contributed by atoms with E-state index in [0.717, 1.165) is 12.3 Å². The second-order valence-corrected chi connectivity index (χ2v) is 13.6. The van der Waals surface area contributed by atoms with Crippen LogP contribution in [-0.4, -0.2) is 0 Å². The molecule has 0 atom stereocenters. The van der Waals surface area contributed by atoms with Crippen LogP contribution in [0.3, 0.4) is 0 Å². The fraction of sp³-hybridized carbons (Fsp3) is 0.118. The minimum atomic E-state index is -0.468. The summed E-state index contributed by atoms with van der Waals surface area (Å²) in [6.07, 6.45) is 2.13. The molecule has 178 valence electrons. The highest BCUT2D eigenvalue weighted by molar-refractivity contribution is 7.72. The van der Waals surface area contributed by atoms with Crippen LogP contribution >= 0.6 is 15.8 Å². The minimum absolute atomic E-state index is 0.468. The summed E-state index contributed by atoms with van der Waals surface area (Å²) in [5.74, 6) is 0. The lowest BCUT2D eigenvalue weighted by molar-refractivity contribution is 1.21. The van der Waals surface area contributed by atoms with Crippen molar-refractivity contribution in [3.05, 3.63) is 156 Å². The Morgan fingerprint density at radius 3 is 0.944 bits per heavy atom. The molecule has 0 fully saturated rings. The number of hydrogen-bond donors (Lipinski definition) is 0. The molecule has 0 amide bonds. The zero-order chi connectivity index (χ0) is 24.7. The molecule has 0 radical (unpaired) electrons. The quantitative estimate of drug-likeness (QED) is 0.192. The van der Waals surface area contributed by atoms with Gasteiger partial charge in [0.1, 0.15) is 0 Å². The van der Waals surface area contributed by atoms with Crippen molar-refractivity contribution in [2.75, 3.05) is 0 Å². The van der Waals surface area contributed by atoms with Gasteiger partial charge in [0.05, 0.1) is 0 Å². The summed E-state index contributed by atoms with van der Waals surface area (Å²) in [4.78, 5) is 0. The Balaban J connectivity index is 1.52. The van der Waals surface area contributed by atoms with E-state index < -0.39 is 15.8 Å². The molecule has 5 aromatic rings. The van der Waals surface area contributed by atoms with Crippen LogP contribution in [0.4, 0.5) is 0 Å². The third-order valence-corrected chi connectivity index (χ3v) is 11.7. The summed E-state index contributed by atoms with van der Waals surface area (Å²) in [5, 5.41) is 5.76. The van der Waals surface area contributed by atoms with E-state index in [1.807, 2.05) is 0 Å². The van der Waals surface area contributed by atoms with Gasteiger partial charge < -0.3 is 0 Å². The van der Waals surface area contributed by atoms with Crippen molar-refractivity contribution in [1.29, 1.82) is 0 Å². The van der Waals surface area contributed by atoms with Crippen molar-refractivity contribution in [2.45, 2.75) is 26.2 Å². The van der Waals surface area contributed by atoms with E-state index in [0.29, 0.717) is 0 Å². The van der Waals surface area contributed by atoms with Crippen LogP contribution in [0, 0.1) is 13.8 Å². The van der Waals surface area contributed by atoms with E-state index in [4.69, 9.17) is 0 Å². The molecule has 0 N–H and O–H groups in total. The largest absolute Gasteiger partial charge is 0.0622 e. The fourth-order valence-corrected chi connectivity index (χ4v) is 9.54. The summed E-state index contributed by atoms with van der Waals surface area (Å²) in [6.45, 7) is 4.57. The maximum absolute atomic E-state index is 2.52. The third-order valence-electron chi connectivity index (χ3n) is 6.72. The zero-order valence-corrected chi connectivity index (χ0v) is 22.8. The topological polar surface area (TPSA) is 0 Å². The Kier molecular flexibility index (Phi) is 8.08. The van der Waals surface area contributed by atoms with Crippen LogP contribution in [0.1, 0.15) is 22.3 Å². The summed E-state index contributed by atoms with van der Waals surface area (Å²) < 4.78 is 0. The SMILES string of the molecule is Cc1cc(C)c(CP(c2ccccc2)c2ccccc2)cc1CP(c1ccccc1)c1ccccc1. The van der Waals surface area contributed by atoms with Gasteiger partial charge in [-0.1, -0.05) is 133 Å². The maximum Gasteiger partial charge on any atom is 0.00102 e. The smallest absolute Gasteiger partial charge is 0.00102 e. The first-order valence-corrected chi connectivity index (χ1v) is 15.6. The van der Waals surface area contributed by atoms with Crippen LogP contribution in [0.15, 0.2) is 133 Å². The van der Waals surface area contributed by atoms with Crippen molar-refractivity contribution < 1.29 is 0 Å². The fourth-order valence-electron chi connectivity index (χ4n) is 4.72. The number of aryl methyl sites for hydroxylation is 2. The lowest BCUT2D eigenvalue weighted by Gasteiger charge is -2.23. The molecule has 0 aromatic heterocycles. The lowest BCUT2D eigenvalue weighted by atomic mass is 10.0. The molecule has 0 aliphatic carbocycles. The Labute approximate surface area is 218 Å². The molecule has 0 aliphatic rings. The summed E-state index contributed by atoms with van der Waals surface area (Å²) in [5.41, 5.74) is 5.76. The highest BCUT2D eigenvalue weighted by Crippen LogP contribution is 2.42. The van der Waals surface area contributed by atoms with Crippen molar-refractivity contribution in [1.82, 2.24) is 0 Å². The maximum atomic E-state index is 2.52. The second kappa shape index (κ2) is 11.8. The number of hydrogen-bond acceptors (Lipinski definition) is 0. The molecule has 0 aliphatic heterocycles. The number of rotatable bonds is 8. The average molecular weight is 503 g/mol. The average Bonchev–Trinajstić information content (AvgIpc) is 2.94. The van der Waals surface area contributed by atoms with Gasteiger partial charge in [-0.05, 0) is 73.2 Å². The van der Waals surface area contributed by atoms with E-state index in [1.165, 1.54) is 43.5 Å². The molecule has 0 saturated heterocycles. The lowest BCUT2D eigenvalue weighted by Crippen LogP contribution is -2.15. The van der Waals surface area contributed by atoms with Crippen LogP contribution < -0.4 is 21.2 Å². The molecule has 5 aromatic carbocycles. The Morgan fingerprint density at radius 2 is 0.667 bits per heavy atom. The van der Waals surface area contributed by atoms with Gasteiger partial charge in [-0.25, -0.2) is 0 Å². The van der Waals surface area contributed by atoms with Crippen molar-refractivity contribution in [2.24, 2.45) is 0 Å². The highest BCUT2D eigenvalue weighted by Gasteiger charge is 2.19. The van der Waals surface area contributed by atoms with E-state index in [2.05, 4.69) is 147 Å². The van der Waals surface area contributed by atoms with E-state index in [1.54, 1.807) is 0 Å². The zero-order valence-electron chi connectivity index (χ0n) is 21.0. The summed E-state index contributed by atoms with van der Waals surface area (Å²) in [6, 6.07) is 49.2. The van der Waals surface area contributed by atoms with Gasteiger partial charge in [0.25, 0.3) is 0 Å². The molecule has 0 unspecified atom stereocenters. The predicted molar refractivity (Wildman–Crippen MR) is 161 cm³/mol. The first-order chi connectivity index (χ1) is 17.7. The van der Waals surface area contributed by atoms with Crippen molar-refractivity contribution in [3.8, 4) is 0 Å². The summed E-state index contributed by atoms with van der Waals surface area (Å²) >= 11 is 0. The first kappa shape index (κ1) is 24.6. The van der Waals surface area contributed by atoms with Crippen LogP contribution in [-0.2, 0) is 12.3 Å². The van der Waals surface area contributed by atoms with Gasteiger partial charge in [-0.2, -0.15) is 0 Å². The van der Waals surface area contributed by atoms with Crippen molar-refractivity contribution in [3.63, 3.8) is 0 Å². The molecule has 0 spiro atoms. The Hall–Kier alpha value is -3.04. The molecule has 5 rings (SSSR count). The second-order valence-electron chi connectivity index (χ2n) is 9.22. The molecule has 36 heavy (non-hydrogen) atoms. The molecular weight excluding hydrogens is 470 g/mol. The normalized spacial score (nSPS) is 11.2. The standard InChI is InChI=1S/C34H32P2/c1-27-23-28(2)30(26-36(33-19-11-5-12-20-33)34-21-13-6-14-22-34)24-29(27)25-35(31-15-7-3-8-16-31)32-17-9-4-10-18-32/h3-24H,25-26H2,1-2H3. The molecule has 2 heteroatoms. The third kappa shape index (κ3) is 5.84. The van der Waals surface area contributed by atoms with Gasteiger partial charge in [0, 0.05) is 12.3 Å². The minimum Gasteiger partial charge on any atom is -0.0622 e. The van der Waals surface area contributed by atoms with Gasteiger partial charge >= 0.3 is 0 Å².